The Kier molecular flexibility index (Phi) is 2.56. The van der Waals surface area contributed by atoms with E-state index in [2.05, 4.69) is 45.2 Å². The smallest absolute Gasteiger partial charge is 0.00597 e. The second-order valence-electron chi connectivity index (χ2n) is 4.00. The maximum atomic E-state index is 4.02. The molecule has 0 aromatic rings. The lowest BCUT2D eigenvalue weighted by Crippen LogP contribution is -2.26. The van der Waals surface area contributed by atoms with Crippen LogP contribution in [0.5, 0.6) is 0 Å². The molecule has 1 aliphatic rings. The van der Waals surface area contributed by atoms with Crippen molar-refractivity contribution in [3.05, 3.63) is 37.0 Å². The van der Waals surface area contributed by atoms with Crippen LogP contribution >= 0.6 is 0 Å². The first-order valence-corrected chi connectivity index (χ1v) is 4.56. The second-order valence-corrected chi connectivity index (χ2v) is 4.00. The first kappa shape index (κ1) is 9.31. The standard InChI is InChI=1S/C12H18/c1-5-12(4)9-7-6-8-11(12)10(2)3/h5-6,8,11H,1-2,7,9H2,3-4H3/t11-,12+/m1/s1. The number of rotatable bonds is 2. The van der Waals surface area contributed by atoms with Crippen LogP contribution in [0.25, 0.3) is 0 Å². The van der Waals surface area contributed by atoms with Crippen LogP contribution < -0.4 is 0 Å². The van der Waals surface area contributed by atoms with Gasteiger partial charge in [-0.05, 0) is 25.2 Å². The molecule has 0 saturated heterocycles. The molecule has 0 saturated carbocycles. The van der Waals surface area contributed by atoms with Crippen LogP contribution in [-0.4, -0.2) is 0 Å². The summed E-state index contributed by atoms with van der Waals surface area (Å²) in [5.41, 5.74) is 1.48. The van der Waals surface area contributed by atoms with Gasteiger partial charge in [0.15, 0.2) is 0 Å². The van der Waals surface area contributed by atoms with Crippen LogP contribution in [0.3, 0.4) is 0 Å². The monoisotopic (exact) mass is 162 g/mol. The van der Waals surface area contributed by atoms with Crippen molar-refractivity contribution in [1.82, 2.24) is 0 Å². The second kappa shape index (κ2) is 3.30. The van der Waals surface area contributed by atoms with Crippen LogP contribution in [-0.2, 0) is 0 Å². The van der Waals surface area contributed by atoms with Crippen LogP contribution in [0.1, 0.15) is 26.7 Å². The normalized spacial score (nSPS) is 34.7. The highest BCUT2D eigenvalue weighted by molar-refractivity contribution is 5.19. The van der Waals surface area contributed by atoms with Gasteiger partial charge in [0, 0.05) is 5.92 Å². The summed E-state index contributed by atoms with van der Waals surface area (Å²) < 4.78 is 0. The van der Waals surface area contributed by atoms with E-state index in [1.165, 1.54) is 18.4 Å². The third-order valence-electron chi connectivity index (χ3n) is 2.89. The van der Waals surface area contributed by atoms with Gasteiger partial charge in [0.05, 0.1) is 0 Å². The molecule has 2 atom stereocenters. The Morgan fingerprint density at radius 1 is 1.67 bits per heavy atom. The number of hydrogen-bond donors (Lipinski definition) is 0. The maximum absolute atomic E-state index is 4.02. The Morgan fingerprint density at radius 2 is 2.33 bits per heavy atom. The fourth-order valence-corrected chi connectivity index (χ4v) is 1.96. The first-order valence-electron chi connectivity index (χ1n) is 4.56. The highest BCUT2D eigenvalue weighted by Crippen LogP contribution is 2.41. The summed E-state index contributed by atoms with van der Waals surface area (Å²) in [6, 6.07) is 0. The average Bonchev–Trinajstić information content (AvgIpc) is 2.05. The van der Waals surface area contributed by atoms with Gasteiger partial charge in [0.2, 0.25) is 0 Å². The summed E-state index contributed by atoms with van der Waals surface area (Å²) in [5, 5.41) is 0. The number of allylic oxidation sites excluding steroid dienone is 4. The lowest BCUT2D eigenvalue weighted by atomic mass is 9.68. The molecule has 0 nitrogen and oxygen atoms in total. The minimum Gasteiger partial charge on any atom is -0.102 e. The zero-order chi connectivity index (χ0) is 9.19. The summed E-state index contributed by atoms with van der Waals surface area (Å²) >= 11 is 0. The van der Waals surface area contributed by atoms with Crippen molar-refractivity contribution < 1.29 is 0 Å². The van der Waals surface area contributed by atoms with Crippen LogP contribution in [0, 0.1) is 11.3 Å². The fourth-order valence-electron chi connectivity index (χ4n) is 1.96. The van der Waals surface area contributed by atoms with Gasteiger partial charge in [0.25, 0.3) is 0 Å². The van der Waals surface area contributed by atoms with E-state index in [1.807, 2.05) is 0 Å². The molecule has 0 fully saturated rings. The van der Waals surface area contributed by atoms with Gasteiger partial charge in [-0.25, -0.2) is 0 Å². The number of hydrogen-bond acceptors (Lipinski definition) is 0. The van der Waals surface area contributed by atoms with Crippen molar-refractivity contribution in [2.24, 2.45) is 11.3 Å². The van der Waals surface area contributed by atoms with Gasteiger partial charge in [-0.1, -0.05) is 37.3 Å². The Labute approximate surface area is 75.7 Å². The molecule has 0 unspecified atom stereocenters. The summed E-state index contributed by atoms with van der Waals surface area (Å²) in [7, 11) is 0. The van der Waals surface area contributed by atoms with E-state index >= 15 is 0 Å². The van der Waals surface area contributed by atoms with Crippen molar-refractivity contribution in [2.45, 2.75) is 26.7 Å². The molecule has 0 aliphatic heterocycles. The molecule has 0 aromatic carbocycles. The highest BCUT2D eigenvalue weighted by atomic mass is 14.3. The summed E-state index contributed by atoms with van der Waals surface area (Å²) in [4.78, 5) is 0. The fraction of sp³-hybridized carbons (Fsp3) is 0.500. The molecule has 0 N–H and O–H groups in total. The summed E-state index contributed by atoms with van der Waals surface area (Å²) in [6.07, 6.45) is 8.98. The van der Waals surface area contributed by atoms with Crippen LogP contribution in [0.2, 0.25) is 0 Å². The van der Waals surface area contributed by atoms with E-state index in [1.54, 1.807) is 0 Å². The summed E-state index contributed by atoms with van der Waals surface area (Å²) in [6.45, 7) is 12.3. The van der Waals surface area contributed by atoms with Gasteiger partial charge in [-0.15, -0.1) is 6.58 Å². The maximum Gasteiger partial charge on any atom is 0.00597 e. The average molecular weight is 162 g/mol. The van der Waals surface area contributed by atoms with Crippen molar-refractivity contribution in [2.75, 3.05) is 0 Å². The molecule has 0 heteroatoms. The van der Waals surface area contributed by atoms with E-state index < -0.39 is 0 Å². The Balaban J connectivity index is 2.93. The first-order chi connectivity index (χ1) is 5.60. The molecule has 66 valence electrons. The topological polar surface area (TPSA) is 0 Å². The molecule has 0 spiro atoms. The highest BCUT2D eigenvalue weighted by Gasteiger charge is 2.31. The SMILES string of the molecule is C=C[C@@]1(C)CCC=C[C@@H]1C(=C)C. The Bertz CT molecular complexity index is 222. The van der Waals surface area contributed by atoms with Crippen LogP contribution in [0.4, 0.5) is 0 Å². The molecular weight excluding hydrogens is 144 g/mol. The zero-order valence-electron chi connectivity index (χ0n) is 8.14. The molecule has 1 aliphatic carbocycles. The van der Waals surface area contributed by atoms with E-state index in [0.29, 0.717) is 5.92 Å². The molecule has 0 radical (unpaired) electrons. The predicted molar refractivity (Wildman–Crippen MR) is 55.0 cm³/mol. The van der Waals surface area contributed by atoms with Crippen molar-refractivity contribution in [1.29, 1.82) is 0 Å². The van der Waals surface area contributed by atoms with Crippen LogP contribution in [0.15, 0.2) is 37.0 Å². The predicted octanol–water partition coefficient (Wildman–Crippen LogP) is 3.72. The van der Waals surface area contributed by atoms with E-state index in [9.17, 15) is 0 Å². The van der Waals surface area contributed by atoms with Gasteiger partial charge in [0.1, 0.15) is 0 Å². The molecule has 12 heavy (non-hydrogen) atoms. The molecule has 0 amide bonds. The minimum absolute atomic E-state index is 0.237. The third kappa shape index (κ3) is 1.52. The van der Waals surface area contributed by atoms with Gasteiger partial charge in [-0.3, -0.25) is 0 Å². The third-order valence-corrected chi connectivity index (χ3v) is 2.89. The van der Waals surface area contributed by atoms with Gasteiger partial charge < -0.3 is 0 Å². The molecular formula is C12H18. The molecule has 0 aromatic heterocycles. The molecule has 0 bridgehead atoms. The minimum atomic E-state index is 0.237. The van der Waals surface area contributed by atoms with Crippen molar-refractivity contribution in [3.8, 4) is 0 Å². The largest absolute Gasteiger partial charge is 0.102 e. The van der Waals surface area contributed by atoms with E-state index in [0.717, 1.165) is 0 Å². The quantitative estimate of drug-likeness (QED) is 0.543. The molecule has 1 rings (SSSR count). The summed E-state index contributed by atoms with van der Waals surface area (Å²) in [5.74, 6) is 0.490. The lowest BCUT2D eigenvalue weighted by molar-refractivity contribution is 0.307. The van der Waals surface area contributed by atoms with Crippen molar-refractivity contribution in [3.63, 3.8) is 0 Å². The van der Waals surface area contributed by atoms with E-state index in [-0.39, 0.29) is 5.41 Å². The van der Waals surface area contributed by atoms with Gasteiger partial charge in [-0.2, -0.15) is 0 Å². The van der Waals surface area contributed by atoms with E-state index in [4.69, 9.17) is 0 Å². The Morgan fingerprint density at radius 3 is 2.75 bits per heavy atom. The Hall–Kier alpha value is -0.780. The molecule has 0 heterocycles. The lowest BCUT2D eigenvalue weighted by Gasteiger charge is -2.36. The zero-order valence-corrected chi connectivity index (χ0v) is 8.14. The van der Waals surface area contributed by atoms with Gasteiger partial charge >= 0.3 is 0 Å². The van der Waals surface area contributed by atoms with Crippen molar-refractivity contribution >= 4 is 0 Å².